The molecule has 0 saturated carbocycles. The average Bonchev–Trinajstić information content (AvgIpc) is 2.24. The van der Waals surface area contributed by atoms with Crippen LogP contribution >= 0.6 is 0 Å². The molecule has 5 nitrogen and oxygen atoms in total. The molecular formula is C12H24N2O3. The van der Waals surface area contributed by atoms with Gasteiger partial charge in [0.1, 0.15) is 0 Å². The number of amides is 2. The third kappa shape index (κ3) is 6.14. The molecular weight excluding hydrogens is 220 g/mol. The lowest BCUT2D eigenvalue weighted by Crippen LogP contribution is -2.46. The zero-order valence-electron chi connectivity index (χ0n) is 11.4. The average molecular weight is 244 g/mol. The fourth-order valence-electron chi connectivity index (χ4n) is 1.20. The molecule has 0 aromatic rings. The van der Waals surface area contributed by atoms with E-state index in [9.17, 15) is 9.59 Å². The molecule has 100 valence electrons. The Morgan fingerprint density at radius 2 is 1.76 bits per heavy atom. The van der Waals surface area contributed by atoms with Crippen molar-refractivity contribution in [3.63, 3.8) is 0 Å². The molecule has 0 saturated heterocycles. The van der Waals surface area contributed by atoms with Gasteiger partial charge in [0.2, 0.25) is 0 Å². The normalized spacial score (nSPS) is 14.2. The van der Waals surface area contributed by atoms with E-state index in [1.165, 1.54) is 0 Å². The molecule has 0 radical (unpaired) electrons. The first kappa shape index (κ1) is 15.7. The van der Waals surface area contributed by atoms with E-state index < -0.39 is 11.9 Å². The lowest BCUT2D eigenvalue weighted by atomic mass is 10.0. The minimum absolute atomic E-state index is 0.216. The number of nitrogens with one attached hydrogen (secondary N) is 1. The van der Waals surface area contributed by atoms with Crippen molar-refractivity contribution in [2.75, 3.05) is 13.6 Å². The van der Waals surface area contributed by atoms with Gasteiger partial charge < -0.3 is 15.3 Å². The highest BCUT2D eigenvalue weighted by molar-refractivity contribution is 5.76. The van der Waals surface area contributed by atoms with Crippen LogP contribution in [0.5, 0.6) is 0 Å². The number of nitrogens with zero attached hydrogens (tertiary/aromatic N) is 1. The third-order valence-corrected chi connectivity index (χ3v) is 2.88. The standard InChI is InChI=1S/C12H24N2O3/c1-8(2)6-7-14(5)12(17)13-10(4)9(3)11(15)16/h8-10H,6-7H2,1-5H3,(H,13,17)(H,15,16). The first-order valence-corrected chi connectivity index (χ1v) is 6.00. The maximum absolute atomic E-state index is 11.7. The second-order valence-electron chi connectivity index (χ2n) is 4.97. The second-order valence-corrected chi connectivity index (χ2v) is 4.97. The zero-order chi connectivity index (χ0) is 13.6. The summed E-state index contributed by atoms with van der Waals surface area (Å²) in [5.41, 5.74) is 0. The number of carbonyl (C=O) groups excluding carboxylic acids is 1. The summed E-state index contributed by atoms with van der Waals surface area (Å²) >= 11 is 0. The van der Waals surface area contributed by atoms with Gasteiger partial charge in [-0.25, -0.2) is 4.79 Å². The van der Waals surface area contributed by atoms with E-state index in [1.807, 2.05) is 0 Å². The third-order valence-electron chi connectivity index (χ3n) is 2.88. The smallest absolute Gasteiger partial charge is 0.317 e. The number of carbonyl (C=O) groups is 2. The van der Waals surface area contributed by atoms with E-state index in [4.69, 9.17) is 5.11 Å². The lowest BCUT2D eigenvalue weighted by molar-refractivity contribution is -0.141. The van der Waals surface area contributed by atoms with Gasteiger partial charge in [0.25, 0.3) is 0 Å². The zero-order valence-corrected chi connectivity index (χ0v) is 11.4. The van der Waals surface area contributed by atoms with Crippen LogP contribution in [0.15, 0.2) is 0 Å². The summed E-state index contributed by atoms with van der Waals surface area (Å²) in [7, 11) is 1.72. The molecule has 2 atom stereocenters. The van der Waals surface area contributed by atoms with Crippen LogP contribution in [0.4, 0.5) is 4.79 Å². The van der Waals surface area contributed by atoms with Gasteiger partial charge in [-0.2, -0.15) is 0 Å². The second kappa shape index (κ2) is 7.14. The molecule has 0 bridgehead atoms. The number of aliphatic carboxylic acids is 1. The Labute approximate surface area is 103 Å². The Balaban J connectivity index is 4.11. The largest absolute Gasteiger partial charge is 0.481 e. The van der Waals surface area contributed by atoms with Gasteiger partial charge in [0.05, 0.1) is 5.92 Å². The van der Waals surface area contributed by atoms with Crippen molar-refractivity contribution in [2.45, 2.75) is 40.2 Å². The van der Waals surface area contributed by atoms with Crippen LogP contribution in [0.2, 0.25) is 0 Å². The molecule has 17 heavy (non-hydrogen) atoms. The fraction of sp³-hybridized carbons (Fsp3) is 0.833. The predicted molar refractivity (Wildman–Crippen MR) is 66.9 cm³/mol. The molecule has 2 amide bonds. The maximum Gasteiger partial charge on any atom is 0.317 e. The molecule has 0 spiro atoms. The van der Waals surface area contributed by atoms with E-state index in [0.29, 0.717) is 12.5 Å². The van der Waals surface area contributed by atoms with Crippen molar-refractivity contribution in [1.29, 1.82) is 0 Å². The van der Waals surface area contributed by atoms with Crippen LogP contribution in [0.25, 0.3) is 0 Å². The van der Waals surface area contributed by atoms with Crippen LogP contribution < -0.4 is 5.32 Å². The van der Waals surface area contributed by atoms with E-state index in [2.05, 4.69) is 19.2 Å². The fourth-order valence-corrected chi connectivity index (χ4v) is 1.20. The van der Waals surface area contributed by atoms with E-state index >= 15 is 0 Å². The highest BCUT2D eigenvalue weighted by Crippen LogP contribution is 2.04. The van der Waals surface area contributed by atoms with Crippen LogP contribution in [-0.2, 0) is 4.79 Å². The number of urea groups is 1. The van der Waals surface area contributed by atoms with E-state index in [1.54, 1.807) is 25.8 Å². The van der Waals surface area contributed by atoms with E-state index in [-0.39, 0.29) is 12.1 Å². The summed E-state index contributed by atoms with van der Waals surface area (Å²) < 4.78 is 0. The van der Waals surface area contributed by atoms with Crippen LogP contribution in [0, 0.1) is 11.8 Å². The monoisotopic (exact) mass is 244 g/mol. The number of hydrogen-bond donors (Lipinski definition) is 2. The lowest BCUT2D eigenvalue weighted by Gasteiger charge is -2.23. The molecule has 0 aliphatic heterocycles. The molecule has 0 aliphatic carbocycles. The summed E-state index contributed by atoms with van der Waals surface area (Å²) in [5, 5.41) is 11.5. The summed E-state index contributed by atoms with van der Waals surface area (Å²) in [6.45, 7) is 8.16. The Bertz CT molecular complexity index is 266. The Hall–Kier alpha value is -1.26. The Morgan fingerprint density at radius 3 is 2.18 bits per heavy atom. The molecule has 5 heteroatoms. The topological polar surface area (TPSA) is 69.6 Å². The van der Waals surface area contributed by atoms with Crippen LogP contribution in [-0.4, -0.2) is 41.6 Å². The van der Waals surface area contributed by atoms with Crippen molar-refractivity contribution >= 4 is 12.0 Å². The van der Waals surface area contributed by atoms with Crippen molar-refractivity contribution in [2.24, 2.45) is 11.8 Å². The van der Waals surface area contributed by atoms with Crippen molar-refractivity contribution in [1.82, 2.24) is 10.2 Å². The molecule has 0 aromatic carbocycles. The van der Waals surface area contributed by atoms with Gasteiger partial charge in [0, 0.05) is 19.6 Å². The Kier molecular flexibility index (Phi) is 6.61. The number of hydrogen-bond acceptors (Lipinski definition) is 2. The number of carboxylic acids is 1. The Morgan fingerprint density at radius 1 is 1.24 bits per heavy atom. The van der Waals surface area contributed by atoms with Gasteiger partial charge in [0.15, 0.2) is 0 Å². The molecule has 0 rings (SSSR count). The van der Waals surface area contributed by atoms with Gasteiger partial charge in [-0.15, -0.1) is 0 Å². The van der Waals surface area contributed by atoms with Gasteiger partial charge in [-0.05, 0) is 26.2 Å². The SMILES string of the molecule is CC(C)CCN(C)C(=O)NC(C)C(C)C(=O)O. The molecule has 0 heterocycles. The van der Waals surface area contributed by atoms with Gasteiger partial charge in [-0.3, -0.25) is 4.79 Å². The first-order chi connectivity index (χ1) is 7.75. The summed E-state index contributed by atoms with van der Waals surface area (Å²) in [5.74, 6) is -0.944. The highest BCUT2D eigenvalue weighted by atomic mass is 16.4. The quantitative estimate of drug-likeness (QED) is 0.748. The van der Waals surface area contributed by atoms with Crippen molar-refractivity contribution in [3.8, 4) is 0 Å². The summed E-state index contributed by atoms with van der Waals surface area (Å²) in [6, 6.07) is -0.590. The molecule has 0 aliphatic rings. The number of rotatable bonds is 6. The van der Waals surface area contributed by atoms with Crippen LogP contribution in [0.1, 0.15) is 34.1 Å². The van der Waals surface area contributed by atoms with Gasteiger partial charge in [-0.1, -0.05) is 13.8 Å². The minimum Gasteiger partial charge on any atom is -0.481 e. The number of carboxylic acid groups (broad SMARTS) is 1. The maximum atomic E-state index is 11.7. The summed E-state index contributed by atoms with van der Waals surface area (Å²) in [6.07, 6.45) is 0.937. The predicted octanol–water partition coefficient (Wildman–Crippen LogP) is 1.78. The minimum atomic E-state index is -0.900. The molecule has 2 unspecified atom stereocenters. The van der Waals surface area contributed by atoms with Crippen molar-refractivity contribution in [3.05, 3.63) is 0 Å². The highest BCUT2D eigenvalue weighted by Gasteiger charge is 2.22. The van der Waals surface area contributed by atoms with Crippen LogP contribution in [0.3, 0.4) is 0 Å². The van der Waals surface area contributed by atoms with Crippen molar-refractivity contribution < 1.29 is 14.7 Å². The molecule has 2 N–H and O–H groups in total. The molecule has 0 fully saturated rings. The molecule has 0 aromatic heterocycles. The van der Waals surface area contributed by atoms with E-state index in [0.717, 1.165) is 6.42 Å². The first-order valence-electron chi connectivity index (χ1n) is 6.00. The summed E-state index contributed by atoms with van der Waals surface area (Å²) in [4.78, 5) is 24.0. The van der Waals surface area contributed by atoms with Gasteiger partial charge >= 0.3 is 12.0 Å².